The SMILES string of the molecule is O=C(/C=C/c1nc2ccccc2[nH]1)c1c(-c2ccccc2)c2cc(C(F)(F)F)ccc2[nH]c1=O. The average Bonchev–Trinajstić information content (AvgIpc) is 3.24. The third-order valence-electron chi connectivity index (χ3n) is 5.45. The summed E-state index contributed by atoms with van der Waals surface area (Å²) in [6.07, 6.45) is -1.95. The predicted octanol–water partition coefficient (Wildman–Crippen LogP) is 5.99. The first-order valence-corrected chi connectivity index (χ1v) is 10.3. The van der Waals surface area contributed by atoms with Gasteiger partial charge in [-0.15, -0.1) is 0 Å². The van der Waals surface area contributed by atoms with Crippen molar-refractivity contribution in [2.75, 3.05) is 0 Å². The fourth-order valence-electron chi connectivity index (χ4n) is 3.90. The maximum atomic E-state index is 13.4. The van der Waals surface area contributed by atoms with Crippen LogP contribution in [-0.4, -0.2) is 20.7 Å². The van der Waals surface area contributed by atoms with Crippen LogP contribution in [0, 0.1) is 0 Å². The van der Waals surface area contributed by atoms with E-state index in [0.29, 0.717) is 16.9 Å². The van der Waals surface area contributed by atoms with Gasteiger partial charge in [0, 0.05) is 16.5 Å². The van der Waals surface area contributed by atoms with Gasteiger partial charge in [0.15, 0.2) is 5.78 Å². The number of halogens is 3. The Balaban J connectivity index is 1.69. The molecule has 0 bridgehead atoms. The number of nitrogens with zero attached hydrogens (tertiary/aromatic N) is 1. The normalized spacial score (nSPS) is 12.1. The molecule has 2 aromatic heterocycles. The quantitative estimate of drug-likeness (QED) is 0.256. The van der Waals surface area contributed by atoms with E-state index in [4.69, 9.17) is 0 Å². The summed E-state index contributed by atoms with van der Waals surface area (Å²) in [5.74, 6) is -0.243. The lowest BCUT2D eigenvalue weighted by Crippen LogP contribution is -2.19. The van der Waals surface area contributed by atoms with Gasteiger partial charge in [-0.05, 0) is 48.0 Å². The molecule has 0 aliphatic carbocycles. The average molecular weight is 459 g/mol. The van der Waals surface area contributed by atoms with E-state index in [2.05, 4.69) is 15.0 Å². The number of carbonyl (C=O) groups is 1. The second kappa shape index (κ2) is 8.15. The summed E-state index contributed by atoms with van der Waals surface area (Å²) < 4.78 is 40.3. The molecule has 168 valence electrons. The lowest BCUT2D eigenvalue weighted by molar-refractivity contribution is -0.137. The van der Waals surface area contributed by atoms with Crippen molar-refractivity contribution < 1.29 is 18.0 Å². The highest BCUT2D eigenvalue weighted by atomic mass is 19.4. The van der Waals surface area contributed by atoms with Crippen molar-refractivity contribution in [1.29, 1.82) is 0 Å². The van der Waals surface area contributed by atoms with E-state index in [9.17, 15) is 22.8 Å². The number of rotatable bonds is 4. The molecule has 0 spiro atoms. The second-order valence-electron chi connectivity index (χ2n) is 7.67. The molecule has 34 heavy (non-hydrogen) atoms. The van der Waals surface area contributed by atoms with Gasteiger partial charge in [-0.2, -0.15) is 13.2 Å². The van der Waals surface area contributed by atoms with Crippen molar-refractivity contribution in [2.24, 2.45) is 0 Å². The summed E-state index contributed by atoms with van der Waals surface area (Å²) in [5.41, 5.74) is 0.486. The Bertz CT molecular complexity index is 1600. The summed E-state index contributed by atoms with van der Waals surface area (Å²) in [7, 11) is 0. The maximum Gasteiger partial charge on any atom is 0.416 e. The molecule has 0 radical (unpaired) electrons. The number of nitrogens with one attached hydrogen (secondary N) is 2. The van der Waals surface area contributed by atoms with Gasteiger partial charge in [-0.3, -0.25) is 9.59 Å². The number of fused-ring (bicyclic) bond motifs is 2. The zero-order chi connectivity index (χ0) is 23.9. The number of aromatic nitrogens is 3. The minimum absolute atomic E-state index is 0.126. The fraction of sp³-hybridized carbons (Fsp3) is 0.0385. The van der Waals surface area contributed by atoms with Gasteiger partial charge in [0.25, 0.3) is 5.56 Å². The molecule has 3 aromatic carbocycles. The summed E-state index contributed by atoms with van der Waals surface area (Å²) in [6.45, 7) is 0. The Morgan fingerprint density at radius 3 is 2.35 bits per heavy atom. The van der Waals surface area contributed by atoms with Crippen LogP contribution in [0.5, 0.6) is 0 Å². The number of benzene rings is 3. The molecule has 0 amide bonds. The van der Waals surface area contributed by atoms with Crippen molar-refractivity contribution in [2.45, 2.75) is 6.18 Å². The molecule has 5 rings (SSSR count). The highest BCUT2D eigenvalue weighted by Gasteiger charge is 2.31. The van der Waals surface area contributed by atoms with E-state index >= 15 is 0 Å². The Morgan fingerprint density at radius 2 is 1.62 bits per heavy atom. The van der Waals surface area contributed by atoms with Crippen LogP contribution in [0.2, 0.25) is 0 Å². The van der Waals surface area contributed by atoms with Crippen LogP contribution in [0.1, 0.15) is 21.7 Å². The highest BCUT2D eigenvalue weighted by Crippen LogP contribution is 2.35. The van der Waals surface area contributed by atoms with Gasteiger partial charge in [0.1, 0.15) is 5.82 Å². The minimum atomic E-state index is -4.58. The van der Waals surface area contributed by atoms with Crippen molar-refractivity contribution in [3.63, 3.8) is 0 Å². The Kier molecular flexibility index (Phi) is 5.13. The zero-order valence-electron chi connectivity index (χ0n) is 17.5. The maximum absolute atomic E-state index is 13.4. The lowest BCUT2D eigenvalue weighted by atomic mass is 9.93. The number of H-pyrrole nitrogens is 2. The fourth-order valence-corrected chi connectivity index (χ4v) is 3.90. The standard InChI is InChI=1S/C26H16F3N3O2/c27-26(28,29)16-10-11-18-17(14-16)23(15-6-2-1-3-7-15)24(25(34)32-18)21(33)12-13-22-30-19-8-4-5-9-20(19)31-22/h1-14H,(H,30,31)(H,32,34)/b13-12+. The van der Waals surface area contributed by atoms with Crippen molar-refractivity contribution in [3.05, 3.63) is 106 Å². The van der Waals surface area contributed by atoms with E-state index in [1.165, 1.54) is 18.2 Å². The number of allylic oxidation sites excluding steroid dienone is 1. The van der Waals surface area contributed by atoms with Crippen molar-refractivity contribution in [3.8, 4) is 11.1 Å². The van der Waals surface area contributed by atoms with E-state index in [-0.39, 0.29) is 22.0 Å². The Hall–Kier alpha value is -4.46. The number of para-hydroxylation sites is 2. The van der Waals surface area contributed by atoms with E-state index < -0.39 is 23.1 Å². The van der Waals surface area contributed by atoms with Crippen molar-refractivity contribution in [1.82, 2.24) is 15.0 Å². The number of carbonyl (C=O) groups excluding carboxylic acids is 1. The van der Waals surface area contributed by atoms with Crippen LogP contribution in [0.4, 0.5) is 13.2 Å². The number of ketones is 1. The van der Waals surface area contributed by atoms with Crippen LogP contribution >= 0.6 is 0 Å². The van der Waals surface area contributed by atoms with Gasteiger partial charge < -0.3 is 9.97 Å². The summed E-state index contributed by atoms with van der Waals surface area (Å²) >= 11 is 0. The number of hydrogen-bond acceptors (Lipinski definition) is 3. The lowest BCUT2D eigenvalue weighted by Gasteiger charge is -2.14. The first-order valence-electron chi connectivity index (χ1n) is 10.3. The summed E-state index contributed by atoms with van der Waals surface area (Å²) in [6, 6.07) is 18.8. The molecule has 5 aromatic rings. The molecule has 0 aliphatic heterocycles. The molecule has 8 heteroatoms. The van der Waals surface area contributed by atoms with Gasteiger partial charge in [-0.25, -0.2) is 4.98 Å². The minimum Gasteiger partial charge on any atom is -0.338 e. The van der Waals surface area contributed by atoms with Crippen LogP contribution in [-0.2, 0) is 6.18 Å². The summed E-state index contributed by atoms with van der Waals surface area (Å²) in [4.78, 5) is 36.1. The molecular weight excluding hydrogens is 443 g/mol. The molecule has 0 saturated heterocycles. The number of hydrogen-bond donors (Lipinski definition) is 2. The molecular formula is C26H16F3N3O2. The van der Waals surface area contributed by atoms with Gasteiger partial charge in [-0.1, -0.05) is 42.5 Å². The molecule has 0 unspecified atom stereocenters. The second-order valence-corrected chi connectivity index (χ2v) is 7.67. The van der Waals surface area contributed by atoms with Crippen LogP contribution < -0.4 is 5.56 Å². The van der Waals surface area contributed by atoms with E-state index in [1.54, 1.807) is 30.3 Å². The molecule has 0 atom stereocenters. The Labute approximate surface area is 190 Å². The number of imidazole rings is 1. The van der Waals surface area contributed by atoms with E-state index in [0.717, 1.165) is 17.6 Å². The van der Waals surface area contributed by atoms with E-state index in [1.807, 2.05) is 24.3 Å². The Morgan fingerprint density at radius 1 is 0.882 bits per heavy atom. The smallest absolute Gasteiger partial charge is 0.338 e. The molecule has 0 saturated carbocycles. The van der Waals surface area contributed by atoms with Gasteiger partial charge >= 0.3 is 6.18 Å². The molecule has 5 nitrogen and oxygen atoms in total. The molecule has 0 fully saturated rings. The molecule has 2 heterocycles. The highest BCUT2D eigenvalue weighted by molar-refractivity contribution is 6.15. The van der Waals surface area contributed by atoms with Crippen LogP contribution in [0.15, 0.2) is 83.7 Å². The molecule has 2 N–H and O–H groups in total. The first-order chi connectivity index (χ1) is 16.3. The molecule has 0 aliphatic rings. The first kappa shape index (κ1) is 21.4. The summed E-state index contributed by atoms with van der Waals surface area (Å²) in [5, 5.41) is 0.126. The van der Waals surface area contributed by atoms with Gasteiger partial charge in [0.2, 0.25) is 0 Å². The van der Waals surface area contributed by atoms with Gasteiger partial charge in [0.05, 0.1) is 22.2 Å². The predicted molar refractivity (Wildman–Crippen MR) is 124 cm³/mol. The monoisotopic (exact) mass is 459 g/mol. The van der Waals surface area contributed by atoms with Crippen molar-refractivity contribution >= 4 is 33.8 Å². The number of aromatic amines is 2. The topological polar surface area (TPSA) is 78.6 Å². The van der Waals surface area contributed by atoms with Crippen LogP contribution in [0.3, 0.4) is 0 Å². The zero-order valence-corrected chi connectivity index (χ0v) is 17.5. The third kappa shape index (κ3) is 3.90. The largest absolute Gasteiger partial charge is 0.416 e. The third-order valence-corrected chi connectivity index (χ3v) is 5.45. The number of alkyl halides is 3. The van der Waals surface area contributed by atoms with Crippen LogP contribution in [0.25, 0.3) is 39.1 Å². The number of pyridine rings is 1.